The lowest BCUT2D eigenvalue weighted by Crippen LogP contribution is -2.05. The summed E-state index contributed by atoms with van der Waals surface area (Å²) >= 11 is 0. The maximum Gasteiger partial charge on any atom is 0.337 e. The Kier molecular flexibility index (Phi) is 2.95. The number of pyridine rings is 1. The highest BCUT2D eigenvalue weighted by Gasteiger charge is 2.08. The Bertz CT molecular complexity index is 775. The molecule has 0 fully saturated rings. The van der Waals surface area contributed by atoms with Crippen molar-refractivity contribution in [1.29, 1.82) is 0 Å². The molecule has 100 valence electrons. The molecule has 3 aromatic rings. The molecular weight excluding hydrogens is 254 g/mol. The Morgan fingerprint density at radius 2 is 2.05 bits per heavy atom. The zero-order valence-electron chi connectivity index (χ0n) is 10.9. The van der Waals surface area contributed by atoms with E-state index in [0.717, 1.165) is 22.6 Å². The molecule has 0 radical (unpaired) electrons. The van der Waals surface area contributed by atoms with E-state index < -0.39 is 5.97 Å². The Labute approximate surface area is 115 Å². The van der Waals surface area contributed by atoms with Crippen molar-refractivity contribution < 1.29 is 9.90 Å². The van der Waals surface area contributed by atoms with Gasteiger partial charge in [0.2, 0.25) is 0 Å². The zero-order chi connectivity index (χ0) is 14.1. The number of hydrogen-bond acceptors (Lipinski definition) is 3. The Morgan fingerprint density at radius 3 is 2.75 bits per heavy atom. The van der Waals surface area contributed by atoms with Gasteiger partial charge < -0.3 is 9.67 Å². The highest BCUT2D eigenvalue weighted by atomic mass is 16.4. The summed E-state index contributed by atoms with van der Waals surface area (Å²) in [7, 11) is 0. The van der Waals surface area contributed by atoms with E-state index in [4.69, 9.17) is 5.11 Å². The first-order valence-corrected chi connectivity index (χ1v) is 6.25. The van der Waals surface area contributed by atoms with Crippen LogP contribution in [-0.2, 0) is 6.54 Å². The first kappa shape index (κ1) is 12.3. The van der Waals surface area contributed by atoms with E-state index in [1.165, 1.54) is 6.20 Å². The predicted octanol–water partition coefficient (Wildman–Crippen LogP) is 2.49. The SMILES string of the molecule is Cc1nc2ccccc2n1Cc1ccc(C(=O)O)cn1. The number of aromatic nitrogens is 3. The topological polar surface area (TPSA) is 68.0 Å². The number of carbonyl (C=O) groups is 1. The second-order valence-electron chi connectivity index (χ2n) is 4.58. The lowest BCUT2D eigenvalue weighted by molar-refractivity contribution is 0.0696. The molecule has 0 atom stereocenters. The van der Waals surface area contributed by atoms with E-state index in [0.29, 0.717) is 6.54 Å². The fourth-order valence-corrected chi connectivity index (χ4v) is 2.20. The van der Waals surface area contributed by atoms with Gasteiger partial charge in [0.15, 0.2) is 0 Å². The number of fused-ring (bicyclic) bond motifs is 1. The molecule has 0 spiro atoms. The molecule has 0 bridgehead atoms. The lowest BCUT2D eigenvalue weighted by atomic mass is 10.2. The van der Waals surface area contributed by atoms with Crippen LogP contribution in [0.25, 0.3) is 11.0 Å². The highest BCUT2D eigenvalue weighted by molar-refractivity contribution is 5.87. The minimum atomic E-state index is -0.965. The molecule has 0 aliphatic rings. The second-order valence-corrected chi connectivity index (χ2v) is 4.58. The van der Waals surface area contributed by atoms with E-state index in [2.05, 4.69) is 14.5 Å². The molecule has 0 amide bonds. The summed E-state index contributed by atoms with van der Waals surface area (Å²) in [6.07, 6.45) is 1.38. The van der Waals surface area contributed by atoms with Gasteiger partial charge in [0.25, 0.3) is 0 Å². The number of para-hydroxylation sites is 2. The van der Waals surface area contributed by atoms with E-state index in [1.807, 2.05) is 31.2 Å². The molecule has 1 N–H and O–H groups in total. The van der Waals surface area contributed by atoms with Crippen molar-refractivity contribution in [3.05, 3.63) is 59.7 Å². The summed E-state index contributed by atoms with van der Waals surface area (Å²) in [6, 6.07) is 11.2. The van der Waals surface area contributed by atoms with Gasteiger partial charge >= 0.3 is 5.97 Å². The van der Waals surface area contributed by atoms with Gasteiger partial charge in [-0.1, -0.05) is 12.1 Å². The predicted molar refractivity (Wildman–Crippen MR) is 74.8 cm³/mol. The summed E-state index contributed by atoms with van der Waals surface area (Å²) in [5.41, 5.74) is 3.00. The van der Waals surface area contributed by atoms with E-state index in [1.54, 1.807) is 12.1 Å². The number of imidazole rings is 1. The maximum absolute atomic E-state index is 10.8. The van der Waals surface area contributed by atoms with Gasteiger partial charge in [0, 0.05) is 6.20 Å². The molecule has 3 rings (SSSR count). The first-order chi connectivity index (χ1) is 9.65. The number of aryl methyl sites for hydroxylation is 1. The molecule has 5 heteroatoms. The molecule has 0 saturated heterocycles. The number of carboxylic acids is 1. The van der Waals surface area contributed by atoms with Gasteiger partial charge in [-0.05, 0) is 31.2 Å². The molecule has 2 heterocycles. The normalized spacial score (nSPS) is 10.8. The van der Waals surface area contributed by atoms with Crippen molar-refractivity contribution >= 4 is 17.0 Å². The van der Waals surface area contributed by atoms with Crippen LogP contribution in [0.15, 0.2) is 42.6 Å². The van der Waals surface area contributed by atoms with Crippen molar-refractivity contribution in [2.45, 2.75) is 13.5 Å². The van der Waals surface area contributed by atoms with Crippen LogP contribution in [-0.4, -0.2) is 25.6 Å². The van der Waals surface area contributed by atoms with Gasteiger partial charge in [-0.25, -0.2) is 9.78 Å². The van der Waals surface area contributed by atoms with Crippen molar-refractivity contribution in [1.82, 2.24) is 14.5 Å². The van der Waals surface area contributed by atoms with Crippen molar-refractivity contribution in [3.8, 4) is 0 Å². The molecule has 0 unspecified atom stereocenters. The van der Waals surface area contributed by atoms with E-state index in [9.17, 15) is 4.79 Å². The zero-order valence-corrected chi connectivity index (χ0v) is 10.9. The van der Waals surface area contributed by atoms with Crippen LogP contribution in [0.1, 0.15) is 21.9 Å². The average molecular weight is 267 g/mol. The van der Waals surface area contributed by atoms with Gasteiger partial charge in [0.05, 0.1) is 28.8 Å². The summed E-state index contributed by atoms with van der Waals surface area (Å²) < 4.78 is 2.07. The molecule has 20 heavy (non-hydrogen) atoms. The largest absolute Gasteiger partial charge is 0.478 e. The molecule has 0 saturated carbocycles. The number of nitrogens with zero attached hydrogens (tertiary/aromatic N) is 3. The fraction of sp³-hybridized carbons (Fsp3) is 0.133. The Hall–Kier alpha value is -2.69. The average Bonchev–Trinajstić information content (AvgIpc) is 2.76. The van der Waals surface area contributed by atoms with Crippen LogP contribution in [0, 0.1) is 6.92 Å². The third-order valence-corrected chi connectivity index (χ3v) is 3.24. The summed E-state index contributed by atoms with van der Waals surface area (Å²) in [5.74, 6) is -0.0522. The summed E-state index contributed by atoms with van der Waals surface area (Å²) in [5, 5.41) is 8.86. The van der Waals surface area contributed by atoms with Gasteiger partial charge in [-0.3, -0.25) is 4.98 Å². The van der Waals surface area contributed by atoms with Gasteiger partial charge in [-0.2, -0.15) is 0 Å². The molecule has 5 nitrogen and oxygen atoms in total. The van der Waals surface area contributed by atoms with Crippen LogP contribution >= 0.6 is 0 Å². The molecule has 2 aromatic heterocycles. The molecule has 0 aliphatic heterocycles. The van der Waals surface area contributed by atoms with Crippen molar-refractivity contribution in [3.63, 3.8) is 0 Å². The van der Waals surface area contributed by atoms with Crippen LogP contribution < -0.4 is 0 Å². The standard InChI is InChI=1S/C15H13N3O2/c1-10-17-13-4-2-3-5-14(13)18(10)9-12-7-6-11(8-16-12)15(19)20/h2-8H,9H2,1H3,(H,19,20). The fourth-order valence-electron chi connectivity index (χ4n) is 2.20. The number of rotatable bonds is 3. The van der Waals surface area contributed by atoms with Crippen molar-refractivity contribution in [2.75, 3.05) is 0 Å². The minimum Gasteiger partial charge on any atom is -0.478 e. The van der Waals surface area contributed by atoms with Crippen molar-refractivity contribution in [2.24, 2.45) is 0 Å². The molecular formula is C15H13N3O2. The quantitative estimate of drug-likeness (QED) is 0.791. The van der Waals surface area contributed by atoms with E-state index >= 15 is 0 Å². The molecule has 0 aliphatic carbocycles. The smallest absolute Gasteiger partial charge is 0.337 e. The first-order valence-electron chi connectivity index (χ1n) is 6.25. The van der Waals surface area contributed by atoms with Crippen LogP contribution in [0.3, 0.4) is 0 Å². The Morgan fingerprint density at radius 1 is 1.25 bits per heavy atom. The number of aromatic carboxylic acids is 1. The monoisotopic (exact) mass is 267 g/mol. The Balaban J connectivity index is 1.96. The number of benzene rings is 1. The van der Waals surface area contributed by atoms with Crippen LogP contribution in [0.4, 0.5) is 0 Å². The van der Waals surface area contributed by atoms with Gasteiger partial charge in [-0.15, -0.1) is 0 Å². The minimum absolute atomic E-state index is 0.195. The molecule has 1 aromatic carbocycles. The van der Waals surface area contributed by atoms with E-state index in [-0.39, 0.29) is 5.56 Å². The lowest BCUT2D eigenvalue weighted by Gasteiger charge is -2.06. The highest BCUT2D eigenvalue weighted by Crippen LogP contribution is 2.16. The summed E-state index contributed by atoms with van der Waals surface area (Å²) in [4.78, 5) is 19.5. The van der Waals surface area contributed by atoms with Crippen LogP contribution in [0.2, 0.25) is 0 Å². The number of carboxylic acid groups (broad SMARTS) is 1. The summed E-state index contributed by atoms with van der Waals surface area (Å²) in [6.45, 7) is 2.53. The van der Waals surface area contributed by atoms with Gasteiger partial charge in [0.1, 0.15) is 5.82 Å². The van der Waals surface area contributed by atoms with Crippen LogP contribution in [0.5, 0.6) is 0 Å². The second kappa shape index (κ2) is 4.77. The number of hydrogen-bond donors (Lipinski definition) is 1. The maximum atomic E-state index is 10.8. The third-order valence-electron chi connectivity index (χ3n) is 3.24. The third kappa shape index (κ3) is 2.14.